The molecule has 16 heavy (non-hydrogen) atoms. The predicted octanol–water partition coefficient (Wildman–Crippen LogP) is 6.16. The summed E-state index contributed by atoms with van der Waals surface area (Å²) in [5.41, 5.74) is 0.461. The summed E-state index contributed by atoms with van der Waals surface area (Å²) in [4.78, 5) is 0. The number of unbranched alkanes of at least 4 members (excludes halogenated alkanes) is 7. The summed E-state index contributed by atoms with van der Waals surface area (Å²) < 4.78 is 0. The zero-order valence-electron chi connectivity index (χ0n) is 12.4. The second kappa shape index (κ2) is 9.07. The molecule has 0 heterocycles. The third-order valence-corrected chi connectivity index (χ3v) is 4.01. The van der Waals surface area contributed by atoms with E-state index in [1.54, 1.807) is 5.92 Å². The lowest BCUT2D eigenvalue weighted by atomic mass is 9.77. The van der Waals surface area contributed by atoms with Crippen molar-refractivity contribution >= 4 is 0 Å². The van der Waals surface area contributed by atoms with Gasteiger partial charge in [-0.3, -0.25) is 0 Å². The molecule has 97 valence electrons. The average molecular weight is 225 g/mol. The lowest BCUT2D eigenvalue weighted by Gasteiger charge is -2.28. The first-order chi connectivity index (χ1) is 7.50. The van der Waals surface area contributed by atoms with Crippen LogP contribution in [0.2, 0.25) is 0 Å². The molecular weight excluding hydrogens is 192 g/mol. The van der Waals surface area contributed by atoms with E-state index in [0.717, 1.165) is 0 Å². The fraction of sp³-hybridized carbons (Fsp3) is 0.938. The molecule has 1 radical (unpaired) electrons. The van der Waals surface area contributed by atoms with Crippen molar-refractivity contribution < 1.29 is 0 Å². The van der Waals surface area contributed by atoms with E-state index in [1.165, 1.54) is 57.8 Å². The van der Waals surface area contributed by atoms with Crippen LogP contribution in [0, 0.1) is 11.3 Å². The van der Waals surface area contributed by atoms with Crippen LogP contribution in [0.1, 0.15) is 92.4 Å². The van der Waals surface area contributed by atoms with Crippen molar-refractivity contribution in [3.8, 4) is 0 Å². The van der Waals surface area contributed by atoms with Crippen molar-refractivity contribution in [2.24, 2.45) is 5.41 Å². The van der Waals surface area contributed by atoms with Gasteiger partial charge in [-0.1, -0.05) is 86.0 Å². The minimum Gasteiger partial charge on any atom is -0.0654 e. The minimum absolute atomic E-state index is 0.461. The van der Waals surface area contributed by atoms with Gasteiger partial charge in [0.15, 0.2) is 0 Å². The lowest BCUT2D eigenvalue weighted by molar-refractivity contribution is 0.339. The molecule has 0 nitrogen and oxygen atoms in total. The molecule has 0 amide bonds. The third kappa shape index (κ3) is 8.19. The molecule has 0 heteroatoms. The maximum atomic E-state index is 2.38. The summed E-state index contributed by atoms with van der Waals surface area (Å²) in [7, 11) is 0. The summed E-state index contributed by atoms with van der Waals surface area (Å²) in [6.07, 6.45) is 12.8. The van der Waals surface area contributed by atoms with Gasteiger partial charge in [-0.05, 0) is 17.8 Å². The highest BCUT2D eigenvalue weighted by Gasteiger charge is 2.21. The van der Waals surface area contributed by atoms with Crippen molar-refractivity contribution in [1.82, 2.24) is 0 Å². The lowest BCUT2D eigenvalue weighted by Crippen LogP contribution is -2.16. The van der Waals surface area contributed by atoms with Crippen LogP contribution in [0.3, 0.4) is 0 Å². The van der Waals surface area contributed by atoms with Gasteiger partial charge >= 0.3 is 0 Å². The molecule has 0 aromatic heterocycles. The van der Waals surface area contributed by atoms with Crippen molar-refractivity contribution in [3.63, 3.8) is 0 Å². The van der Waals surface area contributed by atoms with E-state index in [9.17, 15) is 0 Å². The predicted molar refractivity (Wildman–Crippen MR) is 75.6 cm³/mol. The van der Waals surface area contributed by atoms with Crippen molar-refractivity contribution in [1.29, 1.82) is 0 Å². The SMILES string of the molecule is CCCCCCCCCCC(C)(C)[C](C)C. The second-order valence-electron chi connectivity index (χ2n) is 6.11. The second-order valence-corrected chi connectivity index (χ2v) is 6.11. The van der Waals surface area contributed by atoms with Crippen LogP contribution in [0.4, 0.5) is 0 Å². The Hall–Kier alpha value is 0. The summed E-state index contributed by atoms with van der Waals surface area (Å²) in [6.45, 7) is 11.6. The van der Waals surface area contributed by atoms with Gasteiger partial charge in [0.25, 0.3) is 0 Å². The average Bonchev–Trinajstić information content (AvgIpc) is 2.21. The van der Waals surface area contributed by atoms with E-state index >= 15 is 0 Å². The van der Waals surface area contributed by atoms with Crippen LogP contribution in [0.15, 0.2) is 0 Å². The van der Waals surface area contributed by atoms with Crippen LogP contribution in [0.5, 0.6) is 0 Å². The van der Waals surface area contributed by atoms with Crippen LogP contribution in [0.25, 0.3) is 0 Å². The molecular formula is C16H33. The molecule has 0 unspecified atom stereocenters. The zero-order valence-corrected chi connectivity index (χ0v) is 12.4. The third-order valence-electron chi connectivity index (χ3n) is 4.01. The van der Waals surface area contributed by atoms with Gasteiger partial charge in [-0.2, -0.15) is 0 Å². The molecule has 0 aromatic rings. The maximum Gasteiger partial charge on any atom is -0.0247 e. The van der Waals surface area contributed by atoms with Crippen LogP contribution >= 0.6 is 0 Å². The Balaban J connectivity index is 3.27. The fourth-order valence-corrected chi connectivity index (χ4v) is 1.95. The van der Waals surface area contributed by atoms with Crippen LogP contribution in [-0.2, 0) is 0 Å². The Bertz CT molecular complexity index is 144. The number of hydrogen-bond donors (Lipinski definition) is 0. The zero-order chi connectivity index (χ0) is 12.4. The summed E-state index contributed by atoms with van der Waals surface area (Å²) in [5, 5.41) is 0. The van der Waals surface area contributed by atoms with Crippen molar-refractivity contribution in [2.75, 3.05) is 0 Å². The van der Waals surface area contributed by atoms with Crippen molar-refractivity contribution in [3.05, 3.63) is 5.92 Å². The Morgan fingerprint density at radius 2 is 1.19 bits per heavy atom. The van der Waals surface area contributed by atoms with Gasteiger partial charge < -0.3 is 0 Å². The molecule has 0 aliphatic carbocycles. The Morgan fingerprint density at radius 3 is 1.62 bits per heavy atom. The van der Waals surface area contributed by atoms with Gasteiger partial charge in [0.2, 0.25) is 0 Å². The molecule has 0 rings (SSSR count). The molecule has 0 aliphatic rings. The smallest absolute Gasteiger partial charge is 0.0247 e. The van der Waals surface area contributed by atoms with Crippen LogP contribution in [-0.4, -0.2) is 0 Å². The van der Waals surface area contributed by atoms with Gasteiger partial charge in [0, 0.05) is 0 Å². The van der Waals surface area contributed by atoms with Crippen molar-refractivity contribution in [2.45, 2.75) is 92.4 Å². The molecule has 0 aliphatic heterocycles. The molecule has 0 bridgehead atoms. The molecule has 0 atom stereocenters. The van der Waals surface area contributed by atoms with Crippen LogP contribution < -0.4 is 0 Å². The summed E-state index contributed by atoms with van der Waals surface area (Å²) >= 11 is 0. The minimum atomic E-state index is 0.461. The Labute approximate surface area is 104 Å². The molecule has 0 aromatic carbocycles. The van der Waals surface area contributed by atoms with Gasteiger partial charge in [0.05, 0.1) is 0 Å². The Morgan fingerprint density at radius 1 is 0.750 bits per heavy atom. The van der Waals surface area contributed by atoms with Gasteiger partial charge in [0.1, 0.15) is 0 Å². The highest BCUT2D eigenvalue weighted by atomic mass is 14.3. The summed E-state index contributed by atoms with van der Waals surface area (Å²) in [5.74, 6) is 1.58. The highest BCUT2D eigenvalue weighted by molar-refractivity contribution is 4.94. The molecule has 0 spiro atoms. The topological polar surface area (TPSA) is 0 Å². The highest BCUT2D eigenvalue weighted by Crippen LogP contribution is 2.33. The first-order valence-corrected chi connectivity index (χ1v) is 7.31. The van der Waals surface area contributed by atoms with E-state index in [1.807, 2.05) is 0 Å². The largest absolute Gasteiger partial charge is 0.0654 e. The van der Waals surface area contributed by atoms with Gasteiger partial charge in [-0.15, -0.1) is 0 Å². The van der Waals surface area contributed by atoms with Gasteiger partial charge in [-0.25, -0.2) is 0 Å². The Kier molecular flexibility index (Phi) is 9.07. The molecule has 0 saturated heterocycles. The number of hydrogen-bond acceptors (Lipinski definition) is 0. The number of rotatable bonds is 10. The molecule has 0 fully saturated rings. The van der Waals surface area contributed by atoms with E-state index in [0.29, 0.717) is 5.41 Å². The monoisotopic (exact) mass is 225 g/mol. The summed E-state index contributed by atoms with van der Waals surface area (Å²) in [6, 6.07) is 0. The first kappa shape index (κ1) is 16.0. The normalized spacial score (nSPS) is 12.4. The molecule has 0 saturated carbocycles. The quantitative estimate of drug-likeness (QED) is 0.391. The van der Waals surface area contributed by atoms with E-state index < -0.39 is 0 Å². The standard InChI is InChI=1S/C16H33/c1-6-7-8-9-10-11-12-13-14-16(4,5)15(2)3/h6-14H2,1-5H3. The first-order valence-electron chi connectivity index (χ1n) is 7.31. The molecule has 0 N–H and O–H groups in total. The van der Waals surface area contributed by atoms with E-state index in [-0.39, 0.29) is 0 Å². The fourth-order valence-electron chi connectivity index (χ4n) is 1.95. The van der Waals surface area contributed by atoms with E-state index in [2.05, 4.69) is 34.6 Å². The van der Waals surface area contributed by atoms with E-state index in [4.69, 9.17) is 0 Å². The maximum absolute atomic E-state index is 2.38.